The fourth-order valence-corrected chi connectivity index (χ4v) is 1.48. The van der Waals surface area contributed by atoms with Gasteiger partial charge in [0.2, 0.25) is 0 Å². The van der Waals surface area contributed by atoms with Crippen molar-refractivity contribution in [2.45, 2.75) is 39.9 Å². The van der Waals surface area contributed by atoms with Crippen LogP contribution in [0.25, 0.3) is 0 Å². The van der Waals surface area contributed by atoms with Gasteiger partial charge >= 0.3 is 6.03 Å². The summed E-state index contributed by atoms with van der Waals surface area (Å²) in [4.78, 5) is 13.2. The van der Waals surface area contributed by atoms with Crippen LogP contribution in [-0.2, 0) is 0 Å². The third-order valence-electron chi connectivity index (χ3n) is 2.38. The zero-order valence-corrected chi connectivity index (χ0v) is 9.24. The molecule has 14 heavy (non-hydrogen) atoms. The van der Waals surface area contributed by atoms with E-state index >= 15 is 0 Å². The molecule has 0 saturated carbocycles. The van der Waals surface area contributed by atoms with E-state index in [4.69, 9.17) is 5.73 Å². The molecule has 0 aromatic rings. The Morgan fingerprint density at radius 2 is 2.00 bits per heavy atom. The molecule has 1 aliphatic rings. The molecule has 0 spiro atoms. The van der Waals surface area contributed by atoms with E-state index < -0.39 is 0 Å². The van der Waals surface area contributed by atoms with Gasteiger partial charge in [0.1, 0.15) is 6.17 Å². The van der Waals surface area contributed by atoms with E-state index in [0.29, 0.717) is 5.92 Å². The van der Waals surface area contributed by atoms with Crippen molar-refractivity contribution in [3.05, 3.63) is 11.8 Å². The molecule has 1 unspecified atom stereocenters. The monoisotopic (exact) mass is 197 g/mol. The molecule has 0 saturated heterocycles. The number of hydrogen-bond donors (Lipinski definition) is 2. The van der Waals surface area contributed by atoms with E-state index in [0.717, 1.165) is 5.57 Å². The van der Waals surface area contributed by atoms with Gasteiger partial charge in [-0.25, -0.2) is 4.79 Å². The Bertz CT molecular complexity index is 258. The Morgan fingerprint density at radius 1 is 1.43 bits per heavy atom. The molecule has 0 bridgehead atoms. The minimum atomic E-state index is -0.336. The number of nitrogens with two attached hydrogens (primary N) is 1. The Kier molecular flexibility index (Phi) is 3.16. The third kappa shape index (κ3) is 2.07. The molecule has 0 radical (unpaired) electrons. The molecule has 1 heterocycles. The van der Waals surface area contributed by atoms with Crippen molar-refractivity contribution in [2.75, 3.05) is 0 Å². The number of hydrogen-bond acceptors (Lipinski definition) is 2. The van der Waals surface area contributed by atoms with E-state index in [9.17, 15) is 4.79 Å². The summed E-state index contributed by atoms with van der Waals surface area (Å²) in [5.41, 5.74) is 6.87. The quantitative estimate of drug-likeness (QED) is 0.700. The van der Waals surface area contributed by atoms with Gasteiger partial charge in [0, 0.05) is 12.2 Å². The Hall–Kier alpha value is -1.03. The molecule has 0 aromatic carbocycles. The van der Waals surface area contributed by atoms with Crippen LogP contribution in [0.3, 0.4) is 0 Å². The topological polar surface area (TPSA) is 58.4 Å². The summed E-state index contributed by atoms with van der Waals surface area (Å²) in [6.45, 7) is 8.10. The van der Waals surface area contributed by atoms with Gasteiger partial charge in [-0.1, -0.05) is 13.8 Å². The van der Waals surface area contributed by atoms with E-state index in [1.165, 1.54) is 0 Å². The lowest BCUT2D eigenvalue weighted by molar-refractivity contribution is 0.196. The summed E-state index contributed by atoms with van der Waals surface area (Å²) >= 11 is 0. The summed E-state index contributed by atoms with van der Waals surface area (Å²) in [5, 5.41) is 2.74. The lowest BCUT2D eigenvalue weighted by Gasteiger charge is -2.33. The standard InChI is InChI=1S/C10H19N3O/c1-6(2)8-5-13(7(3)4)10(14)12-9(8)11/h5-7,9H,11H2,1-4H3,(H,12,14). The van der Waals surface area contributed by atoms with Crippen LogP contribution < -0.4 is 11.1 Å². The summed E-state index contributed by atoms with van der Waals surface area (Å²) in [5.74, 6) is 0.354. The number of nitrogens with one attached hydrogen (secondary N) is 1. The first kappa shape index (κ1) is 11.0. The molecule has 3 N–H and O–H groups in total. The van der Waals surface area contributed by atoms with Gasteiger partial charge in [-0.3, -0.25) is 4.90 Å². The molecule has 2 amide bonds. The summed E-state index contributed by atoms with van der Waals surface area (Å²) in [6.07, 6.45) is 1.54. The molecule has 1 atom stereocenters. The molecule has 1 rings (SSSR count). The SMILES string of the molecule is CC(C)C1=CN(C(C)C)C(=O)NC1N. The van der Waals surface area contributed by atoms with Crippen molar-refractivity contribution < 1.29 is 4.79 Å². The highest BCUT2D eigenvalue weighted by Crippen LogP contribution is 2.18. The first-order valence-corrected chi connectivity index (χ1v) is 4.99. The third-order valence-corrected chi connectivity index (χ3v) is 2.38. The van der Waals surface area contributed by atoms with Crippen molar-refractivity contribution >= 4 is 6.03 Å². The van der Waals surface area contributed by atoms with Crippen molar-refractivity contribution in [3.8, 4) is 0 Å². The van der Waals surface area contributed by atoms with Gasteiger partial charge in [-0.2, -0.15) is 0 Å². The number of carbonyl (C=O) groups excluding carboxylic acids is 1. The smallest absolute Gasteiger partial charge is 0.319 e. The highest BCUT2D eigenvalue weighted by molar-refractivity contribution is 5.77. The maximum atomic E-state index is 11.5. The molecule has 80 valence electrons. The van der Waals surface area contributed by atoms with E-state index in [-0.39, 0.29) is 18.2 Å². The van der Waals surface area contributed by atoms with Gasteiger partial charge in [0.05, 0.1) is 0 Å². The second-order valence-electron chi connectivity index (χ2n) is 4.21. The van der Waals surface area contributed by atoms with Gasteiger partial charge in [-0.05, 0) is 25.3 Å². The minimum Gasteiger partial charge on any atom is -0.319 e. The second kappa shape index (κ2) is 4.00. The highest BCUT2D eigenvalue weighted by atomic mass is 16.2. The van der Waals surface area contributed by atoms with E-state index in [1.54, 1.807) is 4.90 Å². The maximum absolute atomic E-state index is 11.5. The van der Waals surface area contributed by atoms with Crippen LogP contribution in [0.15, 0.2) is 11.8 Å². The number of amides is 2. The van der Waals surface area contributed by atoms with Gasteiger partial charge < -0.3 is 11.1 Å². The van der Waals surface area contributed by atoms with Crippen LogP contribution in [-0.4, -0.2) is 23.1 Å². The second-order valence-corrected chi connectivity index (χ2v) is 4.21. The zero-order chi connectivity index (χ0) is 10.9. The normalized spacial score (nSPS) is 22.8. The summed E-state index contributed by atoms with van der Waals surface area (Å²) in [6, 6.07) is 0.0492. The Labute approximate surface area is 85.1 Å². The molecule has 0 fully saturated rings. The summed E-state index contributed by atoms with van der Waals surface area (Å²) in [7, 11) is 0. The van der Waals surface area contributed by atoms with Crippen LogP contribution in [0.2, 0.25) is 0 Å². The number of nitrogens with zero attached hydrogens (tertiary/aromatic N) is 1. The number of carbonyl (C=O) groups is 1. The fourth-order valence-electron chi connectivity index (χ4n) is 1.48. The Morgan fingerprint density at radius 3 is 2.43 bits per heavy atom. The zero-order valence-electron chi connectivity index (χ0n) is 9.24. The van der Waals surface area contributed by atoms with Gasteiger partial charge in [0.25, 0.3) is 0 Å². The van der Waals surface area contributed by atoms with Crippen LogP contribution in [0.5, 0.6) is 0 Å². The Balaban J connectivity index is 2.93. The average molecular weight is 197 g/mol. The van der Waals surface area contributed by atoms with Crippen molar-refractivity contribution in [2.24, 2.45) is 11.7 Å². The molecule has 0 aliphatic carbocycles. The highest BCUT2D eigenvalue weighted by Gasteiger charge is 2.26. The number of rotatable bonds is 2. The van der Waals surface area contributed by atoms with Crippen LogP contribution >= 0.6 is 0 Å². The number of urea groups is 1. The van der Waals surface area contributed by atoms with Gasteiger partial charge in [0.15, 0.2) is 0 Å². The largest absolute Gasteiger partial charge is 0.323 e. The average Bonchev–Trinajstić information content (AvgIpc) is 2.02. The lowest BCUT2D eigenvalue weighted by Crippen LogP contribution is -2.54. The molecule has 4 nitrogen and oxygen atoms in total. The van der Waals surface area contributed by atoms with Gasteiger partial charge in [-0.15, -0.1) is 0 Å². The fraction of sp³-hybridized carbons (Fsp3) is 0.700. The van der Waals surface area contributed by atoms with Crippen LogP contribution in [0.4, 0.5) is 4.79 Å². The lowest BCUT2D eigenvalue weighted by atomic mass is 10.00. The summed E-state index contributed by atoms with van der Waals surface area (Å²) < 4.78 is 0. The van der Waals surface area contributed by atoms with E-state index in [1.807, 2.05) is 20.0 Å². The van der Waals surface area contributed by atoms with Crippen molar-refractivity contribution in [1.82, 2.24) is 10.2 Å². The van der Waals surface area contributed by atoms with Crippen LogP contribution in [0.1, 0.15) is 27.7 Å². The molecule has 0 aromatic heterocycles. The molecule has 4 heteroatoms. The van der Waals surface area contributed by atoms with Crippen molar-refractivity contribution in [3.63, 3.8) is 0 Å². The molecular weight excluding hydrogens is 178 g/mol. The predicted molar refractivity (Wildman–Crippen MR) is 56.4 cm³/mol. The van der Waals surface area contributed by atoms with Crippen LogP contribution in [0, 0.1) is 5.92 Å². The first-order valence-electron chi connectivity index (χ1n) is 4.99. The molecular formula is C10H19N3O. The molecule has 1 aliphatic heterocycles. The van der Waals surface area contributed by atoms with E-state index in [2.05, 4.69) is 19.2 Å². The van der Waals surface area contributed by atoms with Crippen molar-refractivity contribution in [1.29, 1.82) is 0 Å². The maximum Gasteiger partial charge on any atom is 0.323 e. The minimum absolute atomic E-state index is 0.114. The predicted octanol–water partition coefficient (Wildman–Crippen LogP) is 1.24. The first-order chi connectivity index (χ1) is 6.43.